The standard InChI is InChI=1S/C32H20O8/c1-13-9-14(2)11-15(10-13)22-12-23(32(39)40)27-21(31(37)38)7-4-17-16-3-6-19(29(33)34)26-20(30(35)36)8-5-18(24(16)26)25(22)28(17)27/h3-12H,1-2H3,(H,33,34)(H,35,36)(H,37,38)(H,39,40). The summed E-state index contributed by atoms with van der Waals surface area (Å²) in [7, 11) is 0. The number of fused-ring (bicyclic) bond motifs is 2. The average Bonchev–Trinajstić information content (AvgIpc) is 2.89. The van der Waals surface area contributed by atoms with Gasteiger partial charge in [-0.3, -0.25) is 0 Å². The second-order valence-electron chi connectivity index (χ2n) is 9.93. The molecule has 0 amide bonds. The molecule has 8 nitrogen and oxygen atoms in total. The lowest BCUT2D eigenvalue weighted by atomic mass is 9.81. The van der Waals surface area contributed by atoms with Crippen molar-refractivity contribution < 1.29 is 39.6 Å². The van der Waals surface area contributed by atoms with Gasteiger partial charge in [0, 0.05) is 10.8 Å². The lowest BCUT2D eigenvalue weighted by Gasteiger charge is -2.21. The number of aromatic carboxylic acids is 4. The van der Waals surface area contributed by atoms with Crippen molar-refractivity contribution in [3.63, 3.8) is 0 Å². The number of carbonyl (C=O) groups is 4. The summed E-state index contributed by atoms with van der Waals surface area (Å²) < 4.78 is 0. The SMILES string of the molecule is Cc1cc(C)cc(-c2cc(C(=O)O)c3c(C(=O)O)ccc4c5ccc(C(=O)O)c6c(C(=O)O)ccc(c2c34)c65)c1. The van der Waals surface area contributed by atoms with Crippen LogP contribution in [0.4, 0.5) is 0 Å². The van der Waals surface area contributed by atoms with Crippen molar-refractivity contribution in [3.05, 3.63) is 94.0 Å². The summed E-state index contributed by atoms with van der Waals surface area (Å²) in [5, 5.41) is 43.1. The van der Waals surface area contributed by atoms with Gasteiger partial charge in [0.15, 0.2) is 0 Å². The fourth-order valence-corrected chi connectivity index (χ4v) is 6.06. The van der Waals surface area contributed by atoms with E-state index in [0.717, 1.165) is 11.1 Å². The second-order valence-corrected chi connectivity index (χ2v) is 9.93. The van der Waals surface area contributed by atoms with Crippen molar-refractivity contribution >= 4 is 67.0 Å². The predicted octanol–water partition coefficient (Wildman–Crippen LogP) is 6.81. The topological polar surface area (TPSA) is 149 Å². The zero-order valence-electron chi connectivity index (χ0n) is 21.2. The molecule has 0 aliphatic carbocycles. The predicted molar refractivity (Wildman–Crippen MR) is 150 cm³/mol. The molecule has 8 heteroatoms. The van der Waals surface area contributed by atoms with Crippen molar-refractivity contribution in [3.8, 4) is 11.1 Å². The monoisotopic (exact) mass is 532 g/mol. The second kappa shape index (κ2) is 8.51. The maximum Gasteiger partial charge on any atom is 0.336 e. The van der Waals surface area contributed by atoms with Gasteiger partial charge in [0.05, 0.1) is 22.3 Å². The number of hydrogen-bond acceptors (Lipinski definition) is 4. The van der Waals surface area contributed by atoms with Gasteiger partial charge < -0.3 is 20.4 Å². The van der Waals surface area contributed by atoms with Crippen LogP contribution in [0.3, 0.4) is 0 Å². The van der Waals surface area contributed by atoms with E-state index in [2.05, 4.69) is 0 Å². The molecule has 196 valence electrons. The van der Waals surface area contributed by atoms with E-state index < -0.39 is 23.9 Å². The van der Waals surface area contributed by atoms with Crippen molar-refractivity contribution in [2.24, 2.45) is 0 Å². The molecule has 0 atom stereocenters. The van der Waals surface area contributed by atoms with E-state index in [0.29, 0.717) is 43.4 Å². The van der Waals surface area contributed by atoms with Crippen LogP contribution in [0.1, 0.15) is 52.6 Å². The van der Waals surface area contributed by atoms with Gasteiger partial charge in [-0.1, -0.05) is 47.5 Å². The summed E-state index contributed by atoms with van der Waals surface area (Å²) in [6, 6.07) is 15.9. The Bertz CT molecular complexity index is 2100. The Morgan fingerprint density at radius 1 is 0.450 bits per heavy atom. The number of carboxylic acid groups (broad SMARTS) is 4. The summed E-state index contributed by atoms with van der Waals surface area (Å²) >= 11 is 0. The Morgan fingerprint density at radius 3 is 1.35 bits per heavy atom. The van der Waals surface area contributed by atoms with Gasteiger partial charge in [0.2, 0.25) is 0 Å². The van der Waals surface area contributed by atoms with Crippen LogP contribution in [-0.4, -0.2) is 44.3 Å². The van der Waals surface area contributed by atoms with Gasteiger partial charge >= 0.3 is 23.9 Å². The van der Waals surface area contributed by atoms with Gasteiger partial charge in [-0.2, -0.15) is 0 Å². The highest BCUT2D eigenvalue weighted by Gasteiger charge is 2.27. The fraction of sp³-hybridized carbons (Fsp3) is 0.0625. The van der Waals surface area contributed by atoms with Crippen molar-refractivity contribution in [2.45, 2.75) is 13.8 Å². The molecule has 0 unspecified atom stereocenters. The fourth-order valence-electron chi connectivity index (χ4n) is 6.06. The molecule has 0 saturated heterocycles. The highest BCUT2D eigenvalue weighted by atomic mass is 16.4. The Morgan fingerprint density at radius 2 is 0.875 bits per heavy atom. The van der Waals surface area contributed by atoms with Gasteiger partial charge in [-0.05, 0) is 81.6 Å². The normalized spacial score (nSPS) is 11.6. The molecule has 0 bridgehead atoms. The Hall–Kier alpha value is -5.50. The molecule has 40 heavy (non-hydrogen) atoms. The van der Waals surface area contributed by atoms with E-state index in [1.54, 1.807) is 18.2 Å². The number of aryl methyl sites for hydroxylation is 2. The number of benzene rings is 6. The third kappa shape index (κ3) is 3.39. The van der Waals surface area contributed by atoms with Crippen LogP contribution in [-0.2, 0) is 0 Å². The highest BCUT2D eigenvalue weighted by molar-refractivity contribution is 6.40. The zero-order chi connectivity index (χ0) is 28.6. The van der Waals surface area contributed by atoms with Gasteiger partial charge in [-0.25, -0.2) is 19.2 Å². The molecule has 6 aromatic carbocycles. The van der Waals surface area contributed by atoms with Gasteiger partial charge in [0.1, 0.15) is 0 Å². The maximum atomic E-state index is 12.6. The molecule has 4 N–H and O–H groups in total. The lowest BCUT2D eigenvalue weighted by molar-refractivity contribution is 0.0681. The molecule has 6 aromatic rings. The van der Waals surface area contributed by atoms with Crippen LogP contribution in [0, 0.1) is 13.8 Å². The van der Waals surface area contributed by atoms with Crippen LogP contribution in [0.25, 0.3) is 54.2 Å². The van der Waals surface area contributed by atoms with Crippen LogP contribution < -0.4 is 0 Å². The van der Waals surface area contributed by atoms with Crippen molar-refractivity contribution in [1.82, 2.24) is 0 Å². The van der Waals surface area contributed by atoms with Gasteiger partial charge in [-0.15, -0.1) is 0 Å². The first kappa shape index (κ1) is 24.8. The molecule has 6 rings (SSSR count). The molecule has 0 aliphatic rings. The minimum Gasteiger partial charge on any atom is -0.478 e. The molecule has 0 heterocycles. The molecular weight excluding hydrogens is 512 g/mol. The van der Waals surface area contributed by atoms with Crippen molar-refractivity contribution in [2.75, 3.05) is 0 Å². The first-order valence-electron chi connectivity index (χ1n) is 12.3. The Labute approximate surface area is 225 Å². The first-order valence-corrected chi connectivity index (χ1v) is 12.3. The molecule has 0 fully saturated rings. The minimum atomic E-state index is -1.30. The van der Waals surface area contributed by atoms with E-state index >= 15 is 0 Å². The Kier molecular flexibility index (Phi) is 5.28. The van der Waals surface area contributed by atoms with E-state index in [1.807, 2.05) is 32.0 Å². The van der Waals surface area contributed by atoms with Crippen LogP contribution in [0.5, 0.6) is 0 Å². The molecule has 0 saturated carbocycles. The summed E-state index contributed by atoms with van der Waals surface area (Å²) in [6.07, 6.45) is 0. The summed E-state index contributed by atoms with van der Waals surface area (Å²) in [5.74, 6) is -5.17. The van der Waals surface area contributed by atoms with Crippen LogP contribution in [0.15, 0.2) is 60.7 Å². The Balaban J connectivity index is 2.02. The number of rotatable bonds is 5. The number of carboxylic acids is 4. The largest absolute Gasteiger partial charge is 0.478 e. The molecule has 0 aromatic heterocycles. The highest BCUT2D eigenvalue weighted by Crippen LogP contribution is 2.47. The average molecular weight is 533 g/mol. The summed E-state index contributed by atoms with van der Waals surface area (Å²) in [6.45, 7) is 3.81. The van der Waals surface area contributed by atoms with Crippen molar-refractivity contribution in [1.29, 1.82) is 0 Å². The third-order valence-electron chi connectivity index (χ3n) is 7.46. The van der Waals surface area contributed by atoms with E-state index in [-0.39, 0.29) is 33.0 Å². The summed E-state index contributed by atoms with van der Waals surface area (Å²) in [5.41, 5.74) is 2.31. The molecule has 0 aliphatic heterocycles. The van der Waals surface area contributed by atoms with E-state index in [4.69, 9.17) is 0 Å². The summed E-state index contributed by atoms with van der Waals surface area (Å²) in [4.78, 5) is 49.4. The van der Waals surface area contributed by atoms with E-state index in [1.165, 1.54) is 24.3 Å². The van der Waals surface area contributed by atoms with Gasteiger partial charge in [0.25, 0.3) is 0 Å². The lowest BCUT2D eigenvalue weighted by Crippen LogP contribution is -2.08. The minimum absolute atomic E-state index is 0.0454. The molecule has 0 radical (unpaired) electrons. The number of hydrogen-bond donors (Lipinski definition) is 4. The van der Waals surface area contributed by atoms with Crippen LogP contribution >= 0.6 is 0 Å². The smallest absolute Gasteiger partial charge is 0.336 e. The zero-order valence-corrected chi connectivity index (χ0v) is 21.2. The van der Waals surface area contributed by atoms with E-state index in [9.17, 15) is 39.6 Å². The van der Waals surface area contributed by atoms with Crippen LogP contribution in [0.2, 0.25) is 0 Å². The first-order chi connectivity index (χ1) is 19.0. The molecular formula is C32H20O8. The molecule has 0 spiro atoms. The quantitative estimate of drug-likeness (QED) is 0.140. The maximum absolute atomic E-state index is 12.6. The third-order valence-corrected chi connectivity index (χ3v) is 7.46.